The number of hydrogen-bond acceptors (Lipinski definition) is 2. The summed E-state index contributed by atoms with van der Waals surface area (Å²) in [5.41, 5.74) is 1.08. The monoisotopic (exact) mass is 155 g/mol. The zero-order chi connectivity index (χ0) is 8.85. The highest BCUT2D eigenvalue weighted by molar-refractivity contribution is 5.85. The topological polar surface area (TPSA) is 21.6 Å². The van der Waals surface area contributed by atoms with Crippen LogP contribution >= 0.6 is 0 Å². The predicted octanol–water partition coefficient (Wildman–Crippen LogP) is 2.96. The molecule has 0 aromatic carbocycles. The van der Waals surface area contributed by atoms with Crippen LogP contribution in [0.3, 0.4) is 0 Å². The van der Waals surface area contributed by atoms with Crippen LogP contribution in [-0.2, 0) is 4.84 Å². The molecular formula is C9H17NO. The summed E-state index contributed by atoms with van der Waals surface area (Å²) in [4.78, 5) is 4.95. The van der Waals surface area contributed by atoms with Crippen LogP contribution in [0.1, 0.15) is 34.1 Å². The highest BCUT2D eigenvalue weighted by Crippen LogP contribution is 2.03. The Bertz CT molecular complexity index is 159. The molecule has 0 atom stereocenters. The Balaban J connectivity index is 4.01. The SMILES string of the molecule is C=C(C)O/N=C(\CC)C(C)C. The van der Waals surface area contributed by atoms with E-state index in [1.54, 1.807) is 6.92 Å². The van der Waals surface area contributed by atoms with E-state index in [9.17, 15) is 0 Å². The third kappa shape index (κ3) is 4.59. The van der Waals surface area contributed by atoms with Crippen molar-refractivity contribution in [2.45, 2.75) is 34.1 Å². The van der Waals surface area contributed by atoms with Gasteiger partial charge >= 0.3 is 0 Å². The maximum absolute atomic E-state index is 4.95. The van der Waals surface area contributed by atoms with E-state index < -0.39 is 0 Å². The third-order valence-electron chi connectivity index (χ3n) is 1.35. The van der Waals surface area contributed by atoms with Gasteiger partial charge in [-0.1, -0.05) is 32.5 Å². The summed E-state index contributed by atoms with van der Waals surface area (Å²) in [5.74, 6) is 1.09. The molecule has 0 spiro atoms. The molecular weight excluding hydrogens is 138 g/mol. The molecule has 0 bridgehead atoms. The van der Waals surface area contributed by atoms with Crippen LogP contribution in [0.5, 0.6) is 0 Å². The van der Waals surface area contributed by atoms with E-state index >= 15 is 0 Å². The van der Waals surface area contributed by atoms with E-state index in [2.05, 4.69) is 32.5 Å². The van der Waals surface area contributed by atoms with Crippen molar-refractivity contribution in [2.24, 2.45) is 11.1 Å². The number of nitrogens with zero attached hydrogens (tertiary/aromatic N) is 1. The van der Waals surface area contributed by atoms with E-state index in [1.807, 2.05) is 0 Å². The molecule has 64 valence electrons. The lowest BCUT2D eigenvalue weighted by molar-refractivity contribution is 0.228. The lowest BCUT2D eigenvalue weighted by atomic mass is 10.1. The molecule has 2 nitrogen and oxygen atoms in total. The minimum Gasteiger partial charge on any atom is -0.362 e. The Morgan fingerprint density at radius 3 is 2.36 bits per heavy atom. The Morgan fingerprint density at radius 1 is 1.55 bits per heavy atom. The Kier molecular flexibility index (Phi) is 4.59. The van der Waals surface area contributed by atoms with Crippen LogP contribution in [0.25, 0.3) is 0 Å². The minimum atomic E-state index is 0.458. The van der Waals surface area contributed by atoms with E-state index in [-0.39, 0.29) is 0 Å². The van der Waals surface area contributed by atoms with Crippen LogP contribution in [0.15, 0.2) is 17.5 Å². The molecule has 0 radical (unpaired) electrons. The van der Waals surface area contributed by atoms with E-state index in [0.29, 0.717) is 11.7 Å². The van der Waals surface area contributed by atoms with Gasteiger partial charge in [0.05, 0.1) is 5.71 Å². The first kappa shape index (κ1) is 10.2. The molecule has 0 amide bonds. The van der Waals surface area contributed by atoms with Gasteiger partial charge in [0.1, 0.15) is 5.76 Å². The Labute approximate surface area is 68.9 Å². The summed E-state index contributed by atoms with van der Waals surface area (Å²) in [6.07, 6.45) is 0.935. The van der Waals surface area contributed by atoms with Crippen molar-refractivity contribution in [1.82, 2.24) is 0 Å². The summed E-state index contributed by atoms with van der Waals surface area (Å²) in [7, 11) is 0. The molecule has 2 heteroatoms. The van der Waals surface area contributed by atoms with Crippen LogP contribution in [0, 0.1) is 5.92 Å². The number of hydrogen-bond donors (Lipinski definition) is 0. The smallest absolute Gasteiger partial charge is 0.124 e. The van der Waals surface area contributed by atoms with Gasteiger partial charge in [-0.15, -0.1) is 0 Å². The standard InChI is InChI=1S/C9H17NO/c1-6-9(7(2)3)10-11-8(4)5/h7H,4,6H2,1-3,5H3/b10-9+. The van der Waals surface area contributed by atoms with Crippen LogP contribution in [0.2, 0.25) is 0 Å². The van der Waals surface area contributed by atoms with Gasteiger partial charge in [0, 0.05) is 0 Å². The van der Waals surface area contributed by atoms with Gasteiger partial charge in [-0.2, -0.15) is 0 Å². The highest BCUT2D eigenvalue weighted by Gasteiger charge is 2.02. The quantitative estimate of drug-likeness (QED) is 0.347. The van der Waals surface area contributed by atoms with E-state index in [0.717, 1.165) is 12.1 Å². The van der Waals surface area contributed by atoms with Crippen molar-refractivity contribution in [3.63, 3.8) is 0 Å². The fraction of sp³-hybridized carbons (Fsp3) is 0.667. The zero-order valence-electron chi connectivity index (χ0n) is 7.85. The first-order valence-corrected chi connectivity index (χ1v) is 3.97. The molecule has 0 heterocycles. The summed E-state index contributed by atoms with van der Waals surface area (Å²) < 4.78 is 0. The molecule has 0 aromatic heterocycles. The largest absolute Gasteiger partial charge is 0.362 e. The predicted molar refractivity (Wildman–Crippen MR) is 48.5 cm³/mol. The Morgan fingerprint density at radius 2 is 2.09 bits per heavy atom. The maximum atomic E-state index is 4.95. The Hall–Kier alpha value is -0.790. The van der Waals surface area contributed by atoms with Gasteiger partial charge in [-0.3, -0.25) is 0 Å². The summed E-state index contributed by atoms with van der Waals surface area (Å²) in [6.45, 7) is 11.7. The van der Waals surface area contributed by atoms with Crippen molar-refractivity contribution >= 4 is 5.71 Å². The second-order valence-electron chi connectivity index (χ2n) is 2.88. The highest BCUT2D eigenvalue weighted by atomic mass is 16.6. The van der Waals surface area contributed by atoms with Gasteiger partial charge in [0.25, 0.3) is 0 Å². The van der Waals surface area contributed by atoms with E-state index in [4.69, 9.17) is 4.84 Å². The molecule has 0 aliphatic carbocycles. The van der Waals surface area contributed by atoms with Crippen molar-refractivity contribution in [2.75, 3.05) is 0 Å². The first-order chi connectivity index (χ1) is 5.07. The van der Waals surface area contributed by atoms with Gasteiger partial charge in [0.2, 0.25) is 0 Å². The van der Waals surface area contributed by atoms with Crippen molar-refractivity contribution in [3.05, 3.63) is 12.3 Å². The van der Waals surface area contributed by atoms with Gasteiger partial charge in [-0.05, 0) is 19.3 Å². The average Bonchev–Trinajstić information content (AvgIpc) is 1.87. The fourth-order valence-corrected chi connectivity index (χ4v) is 0.715. The van der Waals surface area contributed by atoms with Crippen LogP contribution in [-0.4, -0.2) is 5.71 Å². The molecule has 0 fully saturated rings. The summed E-state index contributed by atoms with van der Waals surface area (Å²) in [5, 5.41) is 3.96. The van der Waals surface area contributed by atoms with Crippen LogP contribution < -0.4 is 0 Å². The number of oxime groups is 1. The van der Waals surface area contributed by atoms with Gasteiger partial charge in [0.15, 0.2) is 0 Å². The second kappa shape index (κ2) is 4.94. The third-order valence-corrected chi connectivity index (χ3v) is 1.35. The minimum absolute atomic E-state index is 0.458. The lowest BCUT2D eigenvalue weighted by Gasteiger charge is -2.06. The molecule has 11 heavy (non-hydrogen) atoms. The van der Waals surface area contributed by atoms with Crippen molar-refractivity contribution in [1.29, 1.82) is 0 Å². The van der Waals surface area contributed by atoms with Crippen LogP contribution in [0.4, 0.5) is 0 Å². The molecule has 0 rings (SSSR count). The zero-order valence-corrected chi connectivity index (χ0v) is 7.85. The molecule has 0 unspecified atom stereocenters. The van der Waals surface area contributed by atoms with E-state index in [1.165, 1.54) is 0 Å². The molecule has 0 aromatic rings. The fourth-order valence-electron chi connectivity index (χ4n) is 0.715. The lowest BCUT2D eigenvalue weighted by Crippen LogP contribution is -2.06. The molecule has 0 aliphatic rings. The number of rotatable bonds is 4. The van der Waals surface area contributed by atoms with Gasteiger partial charge in [-0.25, -0.2) is 0 Å². The summed E-state index contributed by atoms with van der Waals surface area (Å²) >= 11 is 0. The van der Waals surface area contributed by atoms with Crippen molar-refractivity contribution < 1.29 is 4.84 Å². The molecule has 0 saturated heterocycles. The first-order valence-electron chi connectivity index (χ1n) is 3.97. The second-order valence-corrected chi connectivity index (χ2v) is 2.88. The average molecular weight is 155 g/mol. The summed E-state index contributed by atoms with van der Waals surface area (Å²) in [6, 6.07) is 0. The number of allylic oxidation sites excluding steroid dienone is 1. The molecule has 0 aliphatic heterocycles. The maximum Gasteiger partial charge on any atom is 0.124 e. The van der Waals surface area contributed by atoms with Gasteiger partial charge < -0.3 is 4.84 Å². The van der Waals surface area contributed by atoms with Crippen molar-refractivity contribution in [3.8, 4) is 0 Å². The molecule has 0 N–H and O–H groups in total. The normalized spacial score (nSPS) is 11.9. The molecule has 0 saturated carbocycles.